The van der Waals surface area contributed by atoms with Gasteiger partial charge in [-0.25, -0.2) is 27.0 Å². The van der Waals surface area contributed by atoms with Gasteiger partial charge in [0.05, 0.1) is 17.5 Å². The maximum atomic E-state index is 13.9. The number of aromatic carboxylic acids is 1. The highest BCUT2D eigenvalue weighted by Gasteiger charge is 2.19. The van der Waals surface area contributed by atoms with Crippen LogP contribution in [0.3, 0.4) is 0 Å². The summed E-state index contributed by atoms with van der Waals surface area (Å²) >= 11 is 0. The molecule has 0 aliphatic carbocycles. The van der Waals surface area contributed by atoms with Crippen LogP contribution in [0, 0.1) is 23.3 Å². The van der Waals surface area contributed by atoms with E-state index in [0.717, 1.165) is 6.21 Å². The van der Waals surface area contributed by atoms with Crippen molar-refractivity contribution in [2.24, 2.45) is 5.10 Å². The summed E-state index contributed by atoms with van der Waals surface area (Å²) in [4.78, 5) is 11.1. The summed E-state index contributed by atoms with van der Waals surface area (Å²) < 4.78 is 56.1. The number of nitrogens with zero attached hydrogens (tertiary/aromatic N) is 3. The van der Waals surface area contributed by atoms with Crippen LogP contribution in [0.25, 0.3) is 16.9 Å². The fourth-order valence-electron chi connectivity index (χ4n) is 3.25. The van der Waals surface area contributed by atoms with E-state index in [0.29, 0.717) is 22.5 Å². The van der Waals surface area contributed by atoms with Gasteiger partial charge >= 0.3 is 13.1 Å². The van der Waals surface area contributed by atoms with Crippen molar-refractivity contribution in [2.45, 2.75) is 0 Å². The van der Waals surface area contributed by atoms with E-state index >= 15 is 0 Å². The summed E-state index contributed by atoms with van der Waals surface area (Å²) in [6.45, 7) is 0. The Labute approximate surface area is 200 Å². The number of carboxylic acid groups (broad SMARTS) is 1. The Balaban J connectivity index is 1.73. The van der Waals surface area contributed by atoms with E-state index in [-0.39, 0.29) is 17.1 Å². The van der Waals surface area contributed by atoms with Crippen LogP contribution in [0.5, 0.6) is 0 Å². The number of carbonyl (C=O) groups is 1. The van der Waals surface area contributed by atoms with Crippen molar-refractivity contribution in [3.8, 4) is 16.9 Å². The molecule has 4 aromatic rings. The van der Waals surface area contributed by atoms with E-state index in [1.165, 1.54) is 47.3 Å². The summed E-state index contributed by atoms with van der Waals surface area (Å²) in [7, 11) is -1.69. The Morgan fingerprint density at radius 1 is 0.972 bits per heavy atom. The van der Waals surface area contributed by atoms with E-state index < -0.39 is 42.0 Å². The molecule has 0 saturated heterocycles. The Bertz CT molecular complexity index is 1430. The molecule has 0 bridgehead atoms. The zero-order valence-corrected chi connectivity index (χ0v) is 18.0. The van der Waals surface area contributed by atoms with Gasteiger partial charge in [-0.2, -0.15) is 10.2 Å². The Kier molecular flexibility index (Phi) is 6.85. The van der Waals surface area contributed by atoms with Crippen LogP contribution in [0.15, 0.2) is 65.9 Å². The lowest BCUT2D eigenvalue weighted by Gasteiger charge is -2.05. The molecule has 0 unspecified atom stereocenters. The molecule has 1 heterocycles. The quantitative estimate of drug-likeness (QED) is 0.102. The minimum absolute atomic E-state index is 0.0571. The minimum Gasteiger partial charge on any atom is -0.478 e. The van der Waals surface area contributed by atoms with E-state index in [1.54, 1.807) is 12.1 Å². The van der Waals surface area contributed by atoms with Crippen LogP contribution in [0.2, 0.25) is 0 Å². The van der Waals surface area contributed by atoms with Gasteiger partial charge in [0.2, 0.25) is 0 Å². The standard InChI is InChI=1S/C23H15BF4N4O4/c25-17-9-18(26)20(28)22(19(17)27)30-29-10-14-11-32(16-7-3-13(4-8-16)23(33)34)31-21(14)12-1-5-15(6-2-12)24(35)36/h1-11,30,35-36H,(H,33,34)/b29-10+. The first-order chi connectivity index (χ1) is 17.2. The number of benzene rings is 3. The Morgan fingerprint density at radius 2 is 1.58 bits per heavy atom. The molecule has 36 heavy (non-hydrogen) atoms. The van der Waals surface area contributed by atoms with Crippen LogP contribution >= 0.6 is 0 Å². The molecular formula is C23H15BF4N4O4. The fraction of sp³-hybridized carbons (Fsp3) is 0. The van der Waals surface area contributed by atoms with Crippen LogP contribution in [-0.2, 0) is 0 Å². The molecular weight excluding hydrogens is 483 g/mol. The van der Waals surface area contributed by atoms with Gasteiger partial charge in [0.1, 0.15) is 11.4 Å². The van der Waals surface area contributed by atoms with Gasteiger partial charge < -0.3 is 15.2 Å². The SMILES string of the molecule is O=C(O)c1ccc(-n2cc(/C=N/Nc3c(F)c(F)cc(F)c3F)c(-c3ccc(B(O)O)cc3)n2)cc1. The van der Waals surface area contributed by atoms with Crippen molar-refractivity contribution >= 4 is 30.5 Å². The average Bonchev–Trinajstić information content (AvgIpc) is 3.29. The van der Waals surface area contributed by atoms with Crippen LogP contribution in [-0.4, -0.2) is 44.2 Å². The number of nitrogens with one attached hydrogen (secondary N) is 1. The fourth-order valence-corrected chi connectivity index (χ4v) is 3.25. The first kappa shape index (κ1) is 24.6. The minimum atomic E-state index is -1.69. The molecule has 0 aliphatic heterocycles. The Morgan fingerprint density at radius 3 is 2.14 bits per heavy atom. The molecule has 13 heteroatoms. The number of hydrogen-bond acceptors (Lipinski definition) is 6. The van der Waals surface area contributed by atoms with Crippen molar-refractivity contribution in [3.63, 3.8) is 0 Å². The van der Waals surface area contributed by atoms with Gasteiger partial charge in [0.25, 0.3) is 0 Å². The number of carboxylic acids is 1. The van der Waals surface area contributed by atoms with E-state index in [4.69, 9.17) is 5.11 Å². The smallest absolute Gasteiger partial charge is 0.478 e. The lowest BCUT2D eigenvalue weighted by atomic mass is 9.80. The zero-order chi connectivity index (χ0) is 26.0. The largest absolute Gasteiger partial charge is 0.488 e. The molecule has 0 atom stereocenters. The predicted octanol–water partition coefficient (Wildman–Crippen LogP) is 2.92. The average molecular weight is 498 g/mol. The first-order valence-electron chi connectivity index (χ1n) is 10.2. The predicted molar refractivity (Wildman–Crippen MR) is 123 cm³/mol. The molecule has 182 valence electrons. The topological polar surface area (TPSA) is 120 Å². The van der Waals surface area contributed by atoms with Crippen molar-refractivity contribution in [2.75, 3.05) is 5.43 Å². The second-order valence-corrected chi connectivity index (χ2v) is 7.44. The van der Waals surface area contributed by atoms with Gasteiger partial charge in [-0.3, -0.25) is 5.43 Å². The number of halogens is 4. The highest BCUT2D eigenvalue weighted by molar-refractivity contribution is 6.58. The van der Waals surface area contributed by atoms with E-state index in [9.17, 15) is 32.4 Å². The maximum Gasteiger partial charge on any atom is 0.488 e. The maximum absolute atomic E-state index is 13.9. The van der Waals surface area contributed by atoms with Gasteiger partial charge in [-0.1, -0.05) is 24.3 Å². The van der Waals surface area contributed by atoms with E-state index in [1.807, 2.05) is 5.43 Å². The molecule has 3 aromatic carbocycles. The second-order valence-electron chi connectivity index (χ2n) is 7.44. The van der Waals surface area contributed by atoms with Gasteiger partial charge in [-0.15, -0.1) is 0 Å². The summed E-state index contributed by atoms with van der Waals surface area (Å²) in [6, 6.07) is 11.8. The van der Waals surface area contributed by atoms with Crippen molar-refractivity contribution in [1.29, 1.82) is 0 Å². The highest BCUT2D eigenvalue weighted by atomic mass is 19.2. The van der Waals surface area contributed by atoms with Crippen LogP contribution < -0.4 is 10.9 Å². The lowest BCUT2D eigenvalue weighted by Crippen LogP contribution is -2.29. The first-order valence-corrected chi connectivity index (χ1v) is 10.2. The summed E-state index contributed by atoms with van der Waals surface area (Å²) in [5, 5.41) is 35.8. The zero-order valence-electron chi connectivity index (χ0n) is 18.0. The third kappa shape index (κ3) is 4.97. The third-order valence-corrected chi connectivity index (χ3v) is 5.10. The molecule has 0 fully saturated rings. The highest BCUT2D eigenvalue weighted by Crippen LogP contribution is 2.25. The monoisotopic (exact) mass is 498 g/mol. The molecule has 4 N–H and O–H groups in total. The molecule has 1 aromatic heterocycles. The van der Waals surface area contributed by atoms with Gasteiger partial charge in [-0.05, 0) is 29.7 Å². The summed E-state index contributed by atoms with van der Waals surface area (Å²) in [5.41, 5.74) is 2.67. The van der Waals surface area contributed by atoms with Crippen molar-refractivity contribution in [1.82, 2.24) is 9.78 Å². The molecule has 0 radical (unpaired) electrons. The number of hydrogen-bond donors (Lipinski definition) is 4. The number of rotatable bonds is 7. The summed E-state index contributed by atoms with van der Waals surface area (Å²) in [5.74, 6) is -7.62. The molecule has 0 spiro atoms. The third-order valence-electron chi connectivity index (χ3n) is 5.10. The van der Waals surface area contributed by atoms with Crippen LogP contribution in [0.4, 0.5) is 23.2 Å². The van der Waals surface area contributed by atoms with Gasteiger partial charge in [0.15, 0.2) is 23.3 Å². The molecule has 0 amide bonds. The molecule has 4 rings (SSSR count). The second kappa shape index (κ2) is 10.0. The molecule has 8 nitrogen and oxygen atoms in total. The van der Waals surface area contributed by atoms with Crippen molar-refractivity contribution < 1.29 is 37.5 Å². The Hall–Kier alpha value is -4.49. The molecule has 0 saturated carbocycles. The van der Waals surface area contributed by atoms with Crippen LogP contribution in [0.1, 0.15) is 15.9 Å². The lowest BCUT2D eigenvalue weighted by molar-refractivity contribution is 0.0697. The summed E-state index contributed by atoms with van der Waals surface area (Å²) in [6.07, 6.45) is 2.59. The van der Waals surface area contributed by atoms with E-state index in [2.05, 4.69) is 10.2 Å². The number of hydrazone groups is 1. The number of anilines is 1. The van der Waals surface area contributed by atoms with Crippen molar-refractivity contribution in [3.05, 3.63) is 95.2 Å². The number of aromatic nitrogens is 2. The van der Waals surface area contributed by atoms with Gasteiger partial charge in [0, 0.05) is 23.4 Å². The molecule has 0 aliphatic rings. The normalized spacial score (nSPS) is 11.2.